The van der Waals surface area contributed by atoms with Gasteiger partial charge in [-0.2, -0.15) is 0 Å². The molecule has 0 radical (unpaired) electrons. The van der Waals surface area contributed by atoms with Gasteiger partial charge in [-0.3, -0.25) is 0 Å². The standard InChI is InChI=1S/C54H38N2.2C2H6/c1-3-14-37(15-4-1)39-26-28-41(29-27-39)45-20-7-10-23-48(45)56-50-25-12-9-22-47(50)54-52(56)35-34-51-53(54)46-21-8-11-24-49(46)55(51)44-32-30-40(31-33-44)43-19-13-18-42(36-43)38-16-5-2-6-17-38;2*1-2/h1,3-5,7-36H,2,6H2;2*1-2H3. The lowest BCUT2D eigenvalue weighted by Gasteiger charge is -2.15. The van der Waals surface area contributed by atoms with Crippen LogP contribution in [0.2, 0.25) is 0 Å². The molecule has 2 aromatic heterocycles. The molecule has 0 amide bonds. The molecule has 0 N–H and O–H groups in total. The van der Waals surface area contributed by atoms with Crippen molar-refractivity contribution in [2.45, 2.75) is 40.5 Å². The van der Waals surface area contributed by atoms with Crippen molar-refractivity contribution < 1.29 is 0 Å². The Labute approximate surface area is 354 Å². The normalized spacial score (nSPS) is 12.2. The molecule has 0 spiro atoms. The zero-order chi connectivity index (χ0) is 41.0. The second-order valence-electron chi connectivity index (χ2n) is 14.8. The van der Waals surface area contributed by atoms with Crippen LogP contribution in [0.25, 0.3) is 93.9 Å². The van der Waals surface area contributed by atoms with Crippen LogP contribution in [0.4, 0.5) is 0 Å². The van der Waals surface area contributed by atoms with Gasteiger partial charge < -0.3 is 9.13 Å². The molecule has 2 heterocycles. The van der Waals surface area contributed by atoms with Crippen molar-refractivity contribution in [3.05, 3.63) is 212 Å². The van der Waals surface area contributed by atoms with Crippen LogP contribution in [0.5, 0.6) is 0 Å². The molecule has 8 aromatic carbocycles. The molecule has 1 aliphatic carbocycles. The Morgan fingerprint density at radius 3 is 1.57 bits per heavy atom. The van der Waals surface area contributed by atoms with Gasteiger partial charge in [0.05, 0.1) is 27.8 Å². The Hall–Kier alpha value is -7.16. The van der Waals surface area contributed by atoms with Gasteiger partial charge in [-0.1, -0.05) is 185 Å². The molecule has 0 aliphatic heterocycles. The minimum absolute atomic E-state index is 1.10. The van der Waals surface area contributed by atoms with E-state index in [1.165, 1.54) is 93.8 Å². The van der Waals surface area contributed by atoms with E-state index in [0.29, 0.717) is 0 Å². The monoisotopic (exact) mass is 774 g/mol. The lowest BCUT2D eigenvalue weighted by molar-refractivity contribution is 1.04. The minimum Gasteiger partial charge on any atom is -0.309 e. The molecule has 0 unspecified atom stereocenters. The average Bonchev–Trinajstić information content (AvgIpc) is 3.86. The highest BCUT2D eigenvalue weighted by Gasteiger charge is 2.21. The molecule has 2 heteroatoms. The van der Waals surface area contributed by atoms with Crippen molar-refractivity contribution in [2.75, 3.05) is 0 Å². The second-order valence-corrected chi connectivity index (χ2v) is 14.8. The average molecular weight is 775 g/mol. The van der Waals surface area contributed by atoms with Gasteiger partial charge in [0.2, 0.25) is 0 Å². The topological polar surface area (TPSA) is 9.86 Å². The summed E-state index contributed by atoms with van der Waals surface area (Å²) in [5, 5.41) is 5.07. The van der Waals surface area contributed by atoms with E-state index in [0.717, 1.165) is 18.5 Å². The molecule has 10 aromatic rings. The zero-order valence-corrected chi connectivity index (χ0v) is 34.9. The van der Waals surface area contributed by atoms with E-state index in [1.807, 2.05) is 27.7 Å². The maximum absolute atomic E-state index is 2.47. The SMILES string of the molecule is C1=CC(c2cccc(-c3ccc(-n4c5ccccc5c5c6c7ccccc7n(-c7ccccc7-c7ccc(-c8ccccc8)cc7)c6ccc54)cc3)c2)=CCC1.CC.CC. The molecule has 0 bridgehead atoms. The van der Waals surface area contributed by atoms with Crippen molar-refractivity contribution in [3.8, 4) is 44.8 Å². The highest BCUT2D eigenvalue weighted by molar-refractivity contribution is 6.29. The maximum Gasteiger partial charge on any atom is 0.0549 e. The first-order valence-electron chi connectivity index (χ1n) is 21.6. The summed E-state index contributed by atoms with van der Waals surface area (Å²) in [5.41, 5.74) is 17.0. The van der Waals surface area contributed by atoms with Crippen molar-refractivity contribution >= 4 is 49.2 Å². The van der Waals surface area contributed by atoms with Crippen LogP contribution in [0, 0.1) is 0 Å². The third kappa shape index (κ3) is 6.74. The molecule has 1 aliphatic rings. The molecular weight excluding hydrogens is 725 g/mol. The quantitative estimate of drug-likeness (QED) is 0.159. The lowest BCUT2D eigenvalue weighted by Crippen LogP contribution is -1.97. The summed E-state index contributed by atoms with van der Waals surface area (Å²) in [5.74, 6) is 0. The molecule has 11 rings (SSSR count). The lowest BCUT2D eigenvalue weighted by atomic mass is 9.96. The molecule has 0 fully saturated rings. The van der Waals surface area contributed by atoms with Gasteiger partial charge >= 0.3 is 0 Å². The van der Waals surface area contributed by atoms with Crippen LogP contribution in [0.3, 0.4) is 0 Å². The van der Waals surface area contributed by atoms with Crippen molar-refractivity contribution in [1.82, 2.24) is 9.13 Å². The van der Waals surface area contributed by atoms with Crippen LogP contribution in [-0.2, 0) is 0 Å². The summed E-state index contributed by atoms with van der Waals surface area (Å²) in [6.45, 7) is 8.00. The third-order valence-corrected chi connectivity index (χ3v) is 11.6. The molecule has 292 valence electrons. The maximum atomic E-state index is 2.47. The van der Waals surface area contributed by atoms with E-state index >= 15 is 0 Å². The van der Waals surface area contributed by atoms with E-state index < -0.39 is 0 Å². The summed E-state index contributed by atoms with van der Waals surface area (Å²) in [7, 11) is 0. The summed E-state index contributed by atoms with van der Waals surface area (Å²) < 4.78 is 4.91. The second kappa shape index (κ2) is 17.0. The Balaban J connectivity index is 0.00000112. The van der Waals surface area contributed by atoms with Gasteiger partial charge in [0.1, 0.15) is 0 Å². The van der Waals surface area contributed by atoms with E-state index in [9.17, 15) is 0 Å². The molecule has 0 atom stereocenters. The highest BCUT2D eigenvalue weighted by Crippen LogP contribution is 2.44. The Morgan fingerprint density at radius 1 is 0.367 bits per heavy atom. The van der Waals surface area contributed by atoms with Gasteiger partial charge in [-0.05, 0) is 100 Å². The zero-order valence-electron chi connectivity index (χ0n) is 34.9. The van der Waals surface area contributed by atoms with Crippen LogP contribution in [0.1, 0.15) is 46.1 Å². The van der Waals surface area contributed by atoms with Gasteiger partial charge in [-0.15, -0.1) is 0 Å². The number of fused-ring (bicyclic) bond motifs is 7. The number of aromatic nitrogens is 2. The van der Waals surface area contributed by atoms with E-state index in [4.69, 9.17) is 0 Å². The number of hydrogen-bond donors (Lipinski definition) is 0. The first-order chi connectivity index (χ1) is 29.8. The summed E-state index contributed by atoms with van der Waals surface area (Å²) >= 11 is 0. The number of hydrogen-bond acceptors (Lipinski definition) is 0. The number of benzene rings is 8. The van der Waals surface area contributed by atoms with Crippen molar-refractivity contribution in [1.29, 1.82) is 0 Å². The Bertz CT molecular complexity index is 3150. The number of rotatable bonds is 6. The molecule has 0 saturated carbocycles. The minimum atomic E-state index is 1.10. The fraction of sp³-hybridized carbons (Fsp3) is 0.103. The molecular formula is C58H50N2. The first-order valence-corrected chi connectivity index (χ1v) is 21.6. The van der Waals surface area contributed by atoms with Crippen LogP contribution in [-0.4, -0.2) is 9.13 Å². The molecule has 2 nitrogen and oxygen atoms in total. The number of allylic oxidation sites excluding steroid dienone is 4. The fourth-order valence-corrected chi connectivity index (χ4v) is 8.95. The van der Waals surface area contributed by atoms with Crippen molar-refractivity contribution in [3.63, 3.8) is 0 Å². The largest absolute Gasteiger partial charge is 0.309 e. The predicted octanol–water partition coefficient (Wildman–Crippen LogP) is 16.7. The van der Waals surface area contributed by atoms with Crippen LogP contribution in [0.15, 0.2) is 206 Å². The number of para-hydroxylation sites is 3. The Morgan fingerprint density at radius 2 is 0.883 bits per heavy atom. The van der Waals surface area contributed by atoms with Gasteiger partial charge in [0.15, 0.2) is 0 Å². The molecule has 60 heavy (non-hydrogen) atoms. The molecule has 0 saturated heterocycles. The summed E-state index contributed by atoms with van der Waals surface area (Å²) in [6.07, 6.45) is 9.11. The smallest absolute Gasteiger partial charge is 0.0549 e. The summed E-state index contributed by atoms with van der Waals surface area (Å²) in [4.78, 5) is 0. The van der Waals surface area contributed by atoms with Gasteiger partial charge in [0.25, 0.3) is 0 Å². The number of nitrogens with zero attached hydrogens (tertiary/aromatic N) is 2. The predicted molar refractivity (Wildman–Crippen MR) is 260 cm³/mol. The van der Waals surface area contributed by atoms with E-state index in [1.54, 1.807) is 0 Å². The van der Waals surface area contributed by atoms with Gasteiger partial charge in [0, 0.05) is 32.8 Å². The fourth-order valence-electron chi connectivity index (χ4n) is 8.95. The van der Waals surface area contributed by atoms with Crippen LogP contribution >= 0.6 is 0 Å². The van der Waals surface area contributed by atoms with Crippen LogP contribution < -0.4 is 0 Å². The van der Waals surface area contributed by atoms with Crippen molar-refractivity contribution in [2.24, 2.45) is 0 Å². The van der Waals surface area contributed by atoms with E-state index in [2.05, 4.69) is 215 Å². The third-order valence-electron chi connectivity index (χ3n) is 11.6. The highest BCUT2D eigenvalue weighted by atomic mass is 15.0. The van der Waals surface area contributed by atoms with Gasteiger partial charge in [-0.25, -0.2) is 0 Å². The van der Waals surface area contributed by atoms with E-state index in [-0.39, 0.29) is 0 Å². The Kier molecular flexibility index (Phi) is 10.9. The summed E-state index contributed by atoms with van der Waals surface area (Å²) in [6, 6.07) is 68.9. The first kappa shape index (κ1) is 38.4.